The monoisotopic (exact) mass is 370 g/mol. The van der Waals surface area contributed by atoms with E-state index >= 15 is 0 Å². The Morgan fingerprint density at radius 1 is 0.889 bits per heavy atom. The highest BCUT2D eigenvalue weighted by Gasteiger charge is 2.62. The van der Waals surface area contributed by atoms with Crippen LogP contribution < -0.4 is 0 Å². The Kier molecular flexibility index (Phi) is 6.09. The number of methoxy groups -OCH3 is 1. The summed E-state index contributed by atoms with van der Waals surface area (Å²) in [6.07, 6.45) is 23.5. The maximum absolute atomic E-state index is 12.2. The highest BCUT2D eigenvalue weighted by Crippen LogP contribution is 2.67. The van der Waals surface area contributed by atoms with E-state index in [2.05, 4.69) is 31.2 Å². The van der Waals surface area contributed by atoms with Crippen molar-refractivity contribution >= 4 is 5.97 Å². The van der Waals surface area contributed by atoms with Crippen molar-refractivity contribution in [2.75, 3.05) is 7.11 Å². The number of hydrogen-bond donors (Lipinski definition) is 0. The van der Waals surface area contributed by atoms with E-state index in [4.69, 9.17) is 4.74 Å². The summed E-state index contributed by atoms with van der Waals surface area (Å²) in [5.74, 6) is 5.20. The van der Waals surface area contributed by atoms with Crippen LogP contribution in [0.1, 0.15) is 71.1 Å². The van der Waals surface area contributed by atoms with Crippen LogP contribution >= 0.6 is 0 Å². The molecule has 0 spiro atoms. The van der Waals surface area contributed by atoms with Crippen LogP contribution in [-0.4, -0.2) is 13.1 Å². The highest BCUT2D eigenvalue weighted by atomic mass is 16.5. The molecule has 0 N–H and O–H groups in total. The molecule has 4 rings (SSSR count). The first-order chi connectivity index (χ1) is 13.3. The van der Waals surface area contributed by atoms with Gasteiger partial charge in [-0.2, -0.15) is 0 Å². The number of esters is 1. The zero-order chi connectivity index (χ0) is 18.8. The summed E-state index contributed by atoms with van der Waals surface area (Å²) in [7, 11) is 1.53. The lowest BCUT2D eigenvalue weighted by Gasteiger charge is -2.54. The van der Waals surface area contributed by atoms with E-state index in [9.17, 15) is 4.79 Å². The minimum absolute atomic E-state index is 0.0426. The maximum Gasteiger partial charge on any atom is 0.313 e. The van der Waals surface area contributed by atoms with Gasteiger partial charge in [-0.3, -0.25) is 4.79 Å². The molecule has 8 atom stereocenters. The zero-order valence-electron chi connectivity index (χ0n) is 17.3. The Bertz CT molecular complexity index is 577. The smallest absolute Gasteiger partial charge is 0.313 e. The third-order valence-electron chi connectivity index (χ3n) is 8.31. The normalized spacial score (nSPS) is 40.5. The summed E-state index contributed by atoms with van der Waals surface area (Å²) >= 11 is 0. The first kappa shape index (κ1) is 19.3. The summed E-state index contributed by atoms with van der Waals surface area (Å²) in [6.45, 7) is 2.29. The predicted molar refractivity (Wildman–Crippen MR) is 110 cm³/mol. The number of carbonyl (C=O) groups excluding carboxylic acids is 1. The quantitative estimate of drug-likeness (QED) is 0.261. The van der Waals surface area contributed by atoms with Crippen molar-refractivity contribution in [2.45, 2.75) is 71.1 Å². The number of ether oxygens (including phenoxy) is 1. The van der Waals surface area contributed by atoms with Gasteiger partial charge >= 0.3 is 5.97 Å². The van der Waals surface area contributed by atoms with Crippen molar-refractivity contribution in [3.63, 3.8) is 0 Å². The Balaban J connectivity index is 1.28. The number of unbranched alkanes of at least 4 members (excludes halogenated alkanes) is 7. The number of carbonyl (C=O) groups is 1. The van der Waals surface area contributed by atoms with Gasteiger partial charge in [0.15, 0.2) is 0 Å². The molecule has 0 heterocycles. The molecule has 27 heavy (non-hydrogen) atoms. The Hall–Kier alpha value is -1.05. The molecule has 4 aliphatic rings. The fourth-order valence-electron chi connectivity index (χ4n) is 7.07. The van der Waals surface area contributed by atoms with Crippen LogP contribution in [0.15, 0.2) is 24.3 Å². The summed E-state index contributed by atoms with van der Waals surface area (Å²) < 4.78 is 5.07. The van der Waals surface area contributed by atoms with Crippen LogP contribution in [0.25, 0.3) is 0 Å². The molecule has 0 aromatic carbocycles. The van der Waals surface area contributed by atoms with Crippen molar-refractivity contribution in [1.29, 1.82) is 0 Å². The lowest BCUT2D eigenvalue weighted by Crippen LogP contribution is -2.50. The molecule has 0 aliphatic heterocycles. The second-order valence-corrected chi connectivity index (χ2v) is 9.62. The van der Waals surface area contributed by atoms with Gasteiger partial charge in [0.05, 0.1) is 13.0 Å². The van der Waals surface area contributed by atoms with Gasteiger partial charge in [-0.1, -0.05) is 82.6 Å². The van der Waals surface area contributed by atoms with Gasteiger partial charge in [-0.15, -0.1) is 0 Å². The number of allylic oxidation sites excluding steroid dienone is 3. The largest absolute Gasteiger partial charge is 0.469 e. The van der Waals surface area contributed by atoms with Crippen molar-refractivity contribution in [1.82, 2.24) is 0 Å². The molecule has 0 amide bonds. The fourth-order valence-corrected chi connectivity index (χ4v) is 7.07. The molecular formula is C25H38O2. The van der Waals surface area contributed by atoms with Crippen molar-refractivity contribution < 1.29 is 9.53 Å². The molecule has 2 heteroatoms. The number of hydrogen-bond acceptors (Lipinski definition) is 2. The fraction of sp³-hybridized carbons (Fsp3) is 0.800. The van der Waals surface area contributed by atoms with Crippen molar-refractivity contribution in [2.24, 2.45) is 47.3 Å². The van der Waals surface area contributed by atoms with Crippen LogP contribution in [0.5, 0.6) is 0 Å². The second-order valence-electron chi connectivity index (χ2n) is 9.62. The van der Waals surface area contributed by atoms with Crippen LogP contribution in [0, 0.1) is 47.3 Å². The van der Waals surface area contributed by atoms with Crippen molar-refractivity contribution in [3.8, 4) is 0 Å². The highest BCUT2D eigenvalue weighted by molar-refractivity contribution is 5.75. The Labute approximate surface area is 165 Å². The Morgan fingerprint density at radius 2 is 1.59 bits per heavy atom. The minimum Gasteiger partial charge on any atom is -0.469 e. The van der Waals surface area contributed by atoms with Crippen molar-refractivity contribution in [3.05, 3.63) is 24.3 Å². The molecule has 0 bridgehead atoms. The zero-order valence-corrected chi connectivity index (χ0v) is 17.3. The lowest BCUT2D eigenvalue weighted by atomic mass is 9.50. The summed E-state index contributed by atoms with van der Waals surface area (Å²) in [5, 5.41) is 0. The predicted octanol–water partition coefficient (Wildman–Crippen LogP) is 6.18. The minimum atomic E-state index is -0.0453. The standard InChI is InChI=1S/C25H38O2/c1-3-4-5-6-7-8-9-10-11-18-19-14-15-20-21(25(26)27-2)13-12-17-16-22(18)24(19)23(17)20/h12-15,17-24H,3-11,16H2,1-2H3/t17-,18+,19-,20+,21-,22+,23-,24-/m1/s1. The molecule has 0 unspecified atom stereocenters. The molecule has 4 aliphatic carbocycles. The van der Waals surface area contributed by atoms with E-state index in [-0.39, 0.29) is 11.9 Å². The van der Waals surface area contributed by atoms with Gasteiger partial charge in [0.25, 0.3) is 0 Å². The van der Waals surface area contributed by atoms with Gasteiger partial charge in [0.1, 0.15) is 0 Å². The second kappa shape index (κ2) is 8.53. The SMILES string of the molecule is CCCCCCCCCC[C@H]1[C@H]2C=C[C@@H]3[C@@H]4[C@H]2[C@H]1C[C@H]4C=C[C@H]3C(=O)OC. The van der Waals surface area contributed by atoms with Gasteiger partial charge < -0.3 is 4.74 Å². The average molecular weight is 371 g/mol. The first-order valence-electron chi connectivity index (χ1n) is 11.7. The van der Waals surface area contributed by atoms with E-state index in [1.807, 2.05) is 0 Å². The van der Waals surface area contributed by atoms with E-state index in [1.54, 1.807) is 0 Å². The van der Waals surface area contributed by atoms with Gasteiger partial charge in [-0.05, 0) is 54.3 Å². The number of rotatable bonds is 10. The topological polar surface area (TPSA) is 26.3 Å². The van der Waals surface area contributed by atoms with E-state index < -0.39 is 0 Å². The van der Waals surface area contributed by atoms with E-state index in [0.717, 1.165) is 23.7 Å². The molecule has 2 saturated carbocycles. The molecular weight excluding hydrogens is 332 g/mol. The molecule has 150 valence electrons. The average Bonchev–Trinajstić information content (AvgIpc) is 3.03. The van der Waals surface area contributed by atoms with Crippen LogP contribution in [0.2, 0.25) is 0 Å². The van der Waals surface area contributed by atoms with E-state index in [0.29, 0.717) is 17.8 Å². The molecule has 0 aromatic rings. The van der Waals surface area contributed by atoms with Gasteiger partial charge in [-0.25, -0.2) is 0 Å². The maximum atomic E-state index is 12.2. The summed E-state index contributed by atoms with van der Waals surface area (Å²) in [4.78, 5) is 12.2. The van der Waals surface area contributed by atoms with Gasteiger partial charge in [0.2, 0.25) is 0 Å². The van der Waals surface area contributed by atoms with Crippen LogP contribution in [0.4, 0.5) is 0 Å². The molecule has 0 radical (unpaired) electrons. The molecule has 2 nitrogen and oxygen atoms in total. The third kappa shape index (κ3) is 3.54. The van der Waals surface area contributed by atoms with Crippen LogP contribution in [-0.2, 0) is 9.53 Å². The summed E-state index contributed by atoms with van der Waals surface area (Å²) in [6, 6.07) is 0. The van der Waals surface area contributed by atoms with E-state index in [1.165, 1.54) is 71.3 Å². The van der Waals surface area contributed by atoms with Gasteiger partial charge in [0, 0.05) is 0 Å². The Morgan fingerprint density at radius 3 is 2.33 bits per heavy atom. The molecule has 0 saturated heterocycles. The lowest BCUT2D eigenvalue weighted by molar-refractivity contribution is -0.146. The van der Waals surface area contributed by atoms with Crippen LogP contribution in [0.3, 0.4) is 0 Å². The summed E-state index contributed by atoms with van der Waals surface area (Å²) in [5.41, 5.74) is 0. The molecule has 0 aromatic heterocycles. The third-order valence-corrected chi connectivity index (χ3v) is 8.31. The molecule has 2 fully saturated rings. The first-order valence-corrected chi connectivity index (χ1v) is 11.7.